The van der Waals surface area contributed by atoms with Crippen molar-refractivity contribution in [2.24, 2.45) is 5.92 Å². The number of carbonyl (C=O) groups excluding carboxylic acids is 1. The third kappa shape index (κ3) is 5.01. The van der Waals surface area contributed by atoms with E-state index in [4.69, 9.17) is 0 Å². The van der Waals surface area contributed by atoms with Gasteiger partial charge in [-0.05, 0) is 19.4 Å². The van der Waals surface area contributed by atoms with Crippen LogP contribution in [0, 0.1) is 5.92 Å². The van der Waals surface area contributed by atoms with Crippen LogP contribution in [0.5, 0.6) is 0 Å². The van der Waals surface area contributed by atoms with Crippen LogP contribution in [0.2, 0.25) is 0 Å². The second-order valence-electron chi connectivity index (χ2n) is 3.70. The average molecular weight is 224 g/mol. The second kappa shape index (κ2) is 5.34. The molecule has 15 heavy (non-hydrogen) atoms. The van der Waals surface area contributed by atoms with Crippen molar-refractivity contribution in [1.82, 2.24) is 10.6 Å². The van der Waals surface area contributed by atoms with E-state index in [0.29, 0.717) is 6.54 Å². The van der Waals surface area contributed by atoms with Gasteiger partial charge in [0, 0.05) is 13.1 Å². The Bertz CT molecular complexity index is 212. The zero-order valence-corrected chi connectivity index (χ0v) is 8.36. The fourth-order valence-electron chi connectivity index (χ4n) is 1.55. The summed E-state index contributed by atoms with van der Waals surface area (Å²) in [5.41, 5.74) is 0. The van der Waals surface area contributed by atoms with Crippen molar-refractivity contribution in [3.63, 3.8) is 0 Å². The molecule has 0 aromatic rings. The van der Waals surface area contributed by atoms with Gasteiger partial charge in [-0.3, -0.25) is 4.79 Å². The maximum absolute atomic E-state index is 11.8. The van der Waals surface area contributed by atoms with Crippen molar-refractivity contribution >= 4 is 5.91 Å². The Hall–Kier alpha value is -0.780. The summed E-state index contributed by atoms with van der Waals surface area (Å²) in [6, 6.07) is 0. The molecule has 0 aromatic carbocycles. The fraction of sp³-hybridized carbons (Fsp3) is 0.889. The van der Waals surface area contributed by atoms with E-state index >= 15 is 0 Å². The maximum atomic E-state index is 11.8. The van der Waals surface area contributed by atoms with E-state index < -0.39 is 12.6 Å². The number of hydrogen-bond donors (Lipinski definition) is 2. The van der Waals surface area contributed by atoms with Gasteiger partial charge in [-0.2, -0.15) is 13.2 Å². The van der Waals surface area contributed by atoms with Gasteiger partial charge in [-0.1, -0.05) is 0 Å². The van der Waals surface area contributed by atoms with Gasteiger partial charge in [0.05, 0.1) is 12.3 Å². The molecule has 0 unspecified atom stereocenters. The minimum atomic E-state index is -4.20. The van der Waals surface area contributed by atoms with Crippen LogP contribution < -0.4 is 10.6 Å². The lowest BCUT2D eigenvalue weighted by molar-refractivity contribution is -0.136. The van der Waals surface area contributed by atoms with E-state index in [0.717, 1.165) is 19.4 Å². The summed E-state index contributed by atoms with van der Waals surface area (Å²) in [6.45, 7) is 1.13. The normalized spacial score (nSPS) is 22.5. The molecule has 1 aliphatic rings. The molecule has 1 fully saturated rings. The molecule has 1 amide bonds. The third-order valence-corrected chi connectivity index (χ3v) is 2.38. The number of rotatable bonds is 3. The number of nitrogens with one attached hydrogen (secondary N) is 2. The smallest absolute Gasteiger partial charge is 0.355 e. The molecule has 2 N–H and O–H groups in total. The second-order valence-corrected chi connectivity index (χ2v) is 3.70. The van der Waals surface area contributed by atoms with Crippen LogP contribution in [0.25, 0.3) is 0 Å². The van der Waals surface area contributed by atoms with Crippen LogP contribution in [0.3, 0.4) is 0 Å². The highest BCUT2D eigenvalue weighted by Crippen LogP contribution is 2.18. The molecule has 6 heteroatoms. The number of piperidine rings is 1. The van der Waals surface area contributed by atoms with Crippen molar-refractivity contribution in [3.05, 3.63) is 0 Å². The van der Waals surface area contributed by atoms with Crippen LogP contribution in [-0.4, -0.2) is 31.7 Å². The van der Waals surface area contributed by atoms with E-state index in [1.807, 2.05) is 0 Å². The zero-order valence-electron chi connectivity index (χ0n) is 8.36. The number of halogens is 3. The van der Waals surface area contributed by atoms with Gasteiger partial charge < -0.3 is 10.6 Å². The summed E-state index contributed by atoms with van der Waals surface area (Å²) in [6.07, 6.45) is -3.50. The van der Waals surface area contributed by atoms with Crippen LogP contribution in [0.4, 0.5) is 13.2 Å². The number of carbonyl (C=O) groups is 1. The fourth-order valence-corrected chi connectivity index (χ4v) is 1.55. The lowest BCUT2D eigenvalue weighted by atomic mass is 9.99. The highest BCUT2D eigenvalue weighted by molar-refractivity contribution is 5.78. The Morgan fingerprint density at radius 3 is 2.73 bits per heavy atom. The molecular formula is C9H15F3N2O. The van der Waals surface area contributed by atoms with Crippen LogP contribution in [0.1, 0.15) is 19.3 Å². The number of alkyl halides is 3. The molecule has 0 aliphatic carbocycles. The molecule has 0 radical (unpaired) electrons. The predicted octanol–water partition coefficient (Wildman–Crippen LogP) is 1.05. The zero-order chi connectivity index (χ0) is 11.3. The molecule has 1 aliphatic heterocycles. The van der Waals surface area contributed by atoms with Crippen LogP contribution in [0.15, 0.2) is 0 Å². The van der Waals surface area contributed by atoms with Crippen molar-refractivity contribution in [3.8, 4) is 0 Å². The van der Waals surface area contributed by atoms with Crippen LogP contribution >= 0.6 is 0 Å². The highest BCUT2D eigenvalue weighted by Gasteiger charge is 2.27. The van der Waals surface area contributed by atoms with Gasteiger partial charge in [0.1, 0.15) is 0 Å². The molecule has 0 spiro atoms. The summed E-state index contributed by atoms with van der Waals surface area (Å²) in [4.78, 5) is 11.4. The third-order valence-electron chi connectivity index (χ3n) is 2.38. The average Bonchev–Trinajstić information content (AvgIpc) is 2.17. The van der Waals surface area contributed by atoms with Crippen molar-refractivity contribution in [2.45, 2.75) is 25.4 Å². The molecule has 1 rings (SSSR count). The Kier molecular flexibility index (Phi) is 4.38. The Morgan fingerprint density at radius 1 is 1.47 bits per heavy atom. The van der Waals surface area contributed by atoms with Gasteiger partial charge in [-0.15, -0.1) is 0 Å². The molecule has 1 heterocycles. The topological polar surface area (TPSA) is 41.1 Å². The summed E-state index contributed by atoms with van der Waals surface area (Å²) >= 11 is 0. The molecular weight excluding hydrogens is 209 g/mol. The SMILES string of the molecule is O=C(NCCC(F)(F)F)[C@@H]1CCCNC1. The highest BCUT2D eigenvalue weighted by atomic mass is 19.4. The van der Waals surface area contributed by atoms with Crippen molar-refractivity contribution < 1.29 is 18.0 Å². The van der Waals surface area contributed by atoms with Crippen molar-refractivity contribution in [2.75, 3.05) is 19.6 Å². The number of amides is 1. The molecule has 0 saturated carbocycles. The van der Waals surface area contributed by atoms with Gasteiger partial charge >= 0.3 is 6.18 Å². The van der Waals surface area contributed by atoms with E-state index in [2.05, 4.69) is 10.6 Å². The van der Waals surface area contributed by atoms with Crippen molar-refractivity contribution in [1.29, 1.82) is 0 Å². The molecule has 88 valence electrons. The molecule has 1 saturated heterocycles. The summed E-state index contributed by atoms with van der Waals surface area (Å²) < 4.78 is 35.4. The lowest BCUT2D eigenvalue weighted by Crippen LogP contribution is -2.41. The first-order valence-electron chi connectivity index (χ1n) is 5.04. The van der Waals surface area contributed by atoms with Gasteiger partial charge in [0.15, 0.2) is 0 Å². The van der Waals surface area contributed by atoms with E-state index in [1.54, 1.807) is 0 Å². The Morgan fingerprint density at radius 2 is 2.20 bits per heavy atom. The monoisotopic (exact) mass is 224 g/mol. The number of hydrogen-bond acceptors (Lipinski definition) is 2. The lowest BCUT2D eigenvalue weighted by Gasteiger charge is -2.21. The first kappa shape index (κ1) is 12.3. The molecule has 1 atom stereocenters. The first-order valence-corrected chi connectivity index (χ1v) is 5.04. The van der Waals surface area contributed by atoms with E-state index in [1.165, 1.54) is 0 Å². The minimum Gasteiger partial charge on any atom is -0.355 e. The first-order chi connectivity index (χ1) is 6.99. The van der Waals surface area contributed by atoms with E-state index in [-0.39, 0.29) is 18.4 Å². The predicted molar refractivity (Wildman–Crippen MR) is 49.3 cm³/mol. The molecule has 0 aromatic heterocycles. The van der Waals surface area contributed by atoms with Gasteiger partial charge in [0.25, 0.3) is 0 Å². The summed E-state index contributed by atoms with van der Waals surface area (Å²) in [5.74, 6) is -0.446. The Balaban J connectivity index is 2.17. The molecule has 0 bridgehead atoms. The largest absolute Gasteiger partial charge is 0.390 e. The van der Waals surface area contributed by atoms with Gasteiger partial charge in [0.2, 0.25) is 5.91 Å². The molecule has 3 nitrogen and oxygen atoms in total. The Labute approximate surface area is 86.4 Å². The quantitative estimate of drug-likeness (QED) is 0.752. The summed E-state index contributed by atoms with van der Waals surface area (Å²) in [5, 5.41) is 5.35. The standard InChI is InChI=1S/C9H15F3N2O/c10-9(11,12)3-5-14-8(15)7-2-1-4-13-6-7/h7,13H,1-6H2,(H,14,15)/t7-/m1/s1. The maximum Gasteiger partial charge on any atom is 0.390 e. The van der Waals surface area contributed by atoms with E-state index in [9.17, 15) is 18.0 Å². The van der Waals surface area contributed by atoms with Gasteiger partial charge in [-0.25, -0.2) is 0 Å². The minimum absolute atomic E-state index is 0.174. The van der Waals surface area contributed by atoms with Crippen LogP contribution in [-0.2, 0) is 4.79 Å². The summed E-state index contributed by atoms with van der Waals surface area (Å²) in [7, 11) is 0.